The monoisotopic (exact) mass is 287 g/mol. The molecule has 0 aromatic heterocycles. The van der Waals surface area contributed by atoms with Crippen LogP contribution in [0.2, 0.25) is 0 Å². The SMILES string of the molecule is NCC1CCCN1c1ccc(C(N)=O)c(C(F)(F)F)c1. The molecule has 1 aromatic carbocycles. The van der Waals surface area contributed by atoms with E-state index in [9.17, 15) is 18.0 Å². The number of nitrogens with two attached hydrogens (primary N) is 2. The van der Waals surface area contributed by atoms with Crippen LogP contribution in [0.3, 0.4) is 0 Å². The van der Waals surface area contributed by atoms with E-state index in [1.54, 1.807) is 0 Å². The molecule has 1 saturated heterocycles. The van der Waals surface area contributed by atoms with Crippen LogP contribution < -0.4 is 16.4 Å². The van der Waals surface area contributed by atoms with Crippen molar-refractivity contribution in [2.75, 3.05) is 18.0 Å². The number of benzene rings is 1. The average Bonchev–Trinajstić information content (AvgIpc) is 2.85. The summed E-state index contributed by atoms with van der Waals surface area (Å²) < 4.78 is 39.0. The summed E-state index contributed by atoms with van der Waals surface area (Å²) in [4.78, 5) is 13.0. The topological polar surface area (TPSA) is 72.3 Å². The van der Waals surface area contributed by atoms with Gasteiger partial charge in [-0.3, -0.25) is 4.79 Å². The van der Waals surface area contributed by atoms with E-state index < -0.39 is 23.2 Å². The first kappa shape index (κ1) is 14.6. The first-order valence-corrected chi connectivity index (χ1v) is 6.32. The Hall–Kier alpha value is -1.76. The molecule has 1 heterocycles. The molecule has 1 amide bonds. The van der Waals surface area contributed by atoms with Crippen molar-refractivity contribution in [1.29, 1.82) is 0 Å². The minimum absolute atomic E-state index is 0.0375. The number of amides is 1. The molecule has 1 atom stereocenters. The highest BCUT2D eigenvalue weighted by molar-refractivity contribution is 5.95. The maximum absolute atomic E-state index is 13.0. The highest BCUT2D eigenvalue weighted by Crippen LogP contribution is 2.36. The predicted molar refractivity (Wildman–Crippen MR) is 69.4 cm³/mol. The molecule has 0 bridgehead atoms. The van der Waals surface area contributed by atoms with Crippen LogP contribution in [-0.2, 0) is 6.18 Å². The van der Waals surface area contributed by atoms with Gasteiger partial charge in [-0.15, -0.1) is 0 Å². The van der Waals surface area contributed by atoms with Gasteiger partial charge in [0, 0.05) is 24.8 Å². The molecule has 0 radical (unpaired) electrons. The van der Waals surface area contributed by atoms with Gasteiger partial charge in [0.05, 0.1) is 11.1 Å². The molecule has 1 aliphatic rings. The van der Waals surface area contributed by atoms with E-state index in [-0.39, 0.29) is 6.04 Å². The Labute approximate surface area is 114 Å². The standard InChI is InChI=1S/C13H16F3N3O/c14-13(15,16)11-6-8(3-4-10(11)12(18)20)19-5-1-2-9(19)7-17/h3-4,6,9H,1-2,5,7,17H2,(H2,18,20). The lowest BCUT2D eigenvalue weighted by molar-refractivity contribution is -0.137. The van der Waals surface area contributed by atoms with E-state index in [1.165, 1.54) is 6.07 Å². The minimum Gasteiger partial charge on any atom is -0.367 e. The molecule has 0 saturated carbocycles. The number of carbonyl (C=O) groups is 1. The highest BCUT2D eigenvalue weighted by atomic mass is 19.4. The van der Waals surface area contributed by atoms with Crippen molar-refractivity contribution in [3.05, 3.63) is 29.3 Å². The normalized spacial score (nSPS) is 19.4. The van der Waals surface area contributed by atoms with E-state index in [2.05, 4.69) is 0 Å². The van der Waals surface area contributed by atoms with E-state index in [0.29, 0.717) is 18.8 Å². The van der Waals surface area contributed by atoms with Crippen LogP contribution in [0.15, 0.2) is 18.2 Å². The van der Waals surface area contributed by atoms with Crippen molar-refractivity contribution in [2.24, 2.45) is 11.5 Å². The summed E-state index contributed by atoms with van der Waals surface area (Å²) in [5, 5.41) is 0. The Morgan fingerprint density at radius 1 is 1.40 bits per heavy atom. The molecule has 1 aliphatic heterocycles. The summed E-state index contributed by atoms with van der Waals surface area (Å²) in [6.07, 6.45) is -2.87. The lowest BCUT2D eigenvalue weighted by atomic mass is 10.0. The van der Waals surface area contributed by atoms with Crippen molar-refractivity contribution in [2.45, 2.75) is 25.1 Å². The number of primary amides is 1. The van der Waals surface area contributed by atoms with Crippen LogP contribution in [0.25, 0.3) is 0 Å². The second kappa shape index (κ2) is 5.32. The second-order valence-corrected chi connectivity index (χ2v) is 4.82. The third kappa shape index (κ3) is 2.72. The smallest absolute Gasteiger partial charge is 0.367 e. The fourth-order valence-corrected chi connectivity index (χ4v) is 2.58. The van der Waals surface area contributed by atoms with Crippen molar-refractivity contribution < 1.29 is 18.0 Å². The summed E-state index contributed by atoms with van der Waals surface area (Å²) in [6, 6.07) is 3.64. The molecule has 1 unspecified atom stereocenters. The van der Waals surface area contributed by atoms with E-state index in [4.69, 9.17) is 11.5 Å². The van der Waals surface area contributed by atoms with Gasteiger partial charge in [0.15, 0.2) is 0 Å². The Morgan fingerprint density at radius 3 is 2.65 bits per heavy atom. The van der Waals surface area contributed by atoms with Crippen LogP contribution in [0.5, 0.6) is 0 Å². The van der Waals surface area contributed by atoms with Gasteiger partial charge in [-0.25, -0.2) is 0 Å². The summed E-state index contributed by atoms with van der Waals surface area (Å²) >= 11 is 0. The number of nitrogens with zero attached hydrogens (tertiary/aromatic N) is 1. The highest BCUT2D eigenvalue weighted by Gasteiger charge is 2.36. The Balaban J connectivity index is 2.44. The van der Waals surface area contributed by atoms with Gasteiger partial charge in [-0.2, -0.15) is 13.2 Å². The number of hydrogen-bond donors (Lipinski definition) is 2. The van der Waals surface area contributed by atoms with E-state index in [0.717, 1.165) is 25.0 Å². The number of carbonyl (C=O) groups excluding carboxylic acids is 1. The molecule has 4 nitrogen and oxygen atoms in total. The summed E-state index contributed by atoms with van der Waals surface area (Å²) in [7, 11) is 0. The zero-order chi connectivity index (χ0) is 14.9. The molecule has 1 aromatic rings. The zero-order valence-electron chi connectivity index (χ0n) is 10.8. The molecule has 0 aliphatic carbocycles. The van der Waals surface area contributed by atoms with Crippen LogP contribution in [-0.4, -0.2) is 25.0 Å². The van der Waals surface area contributed by atoms with E-state index >= 15 is 0 Å². The Kier molecular flexibility index (Phi) is 3.89. The Bertz CT molecular complexity index is 516. The lowest BCUT2D eigenvalue weighted by Crippen LogP contribution is -2.35. The van der Waals surface area contributed by atoms with Crippen LogP contribution in [0.4, 0.5) is 18.9 Å². The van der Waals surface area contributed by atoms with Crippen LogP contribution >= 0.6 is 0 Å². The number of alkyl halides is 3. The van der Waals surface area contributed by atoms with Gasteiger partial charge < -0.3 is 16.4 Å². The van der Waals surface area contributed by atoms with Gasteiger partial charge in [0.1, 0.15) is 0 Å². The average molecular weight is 287 g/mol. The lowest BCUT2D eigenvalue weighted by Gasteiger charge is -2.27. The van der Waals surface area contributed by atoms with E-state index in [1.807, 2.05) is 4.90 Å². The molecule has 2 rings (SSSR count). The first-order chi connectivity index (χ1) is 9.34. The third-order valence-corrected chi connectivity index (χ3v) is 3.55. The minimum atomic E-state index is -4.61. The molecule has 1 fully saturated rings. The number of rotatable bonds is 3. The maximum atomic E-state index is 13.0. The van der Waals surface area contributed by atoms with Crippen molar-refractivity contribution in [3.8, 4) is 0 Å². The fourth-order valence-electron chi connectivity index (χ4n) is 2.58. The molecular weight excluding hydrogens is 271 g/mol. The Morgan fingerprint density at radius 2 is 2.10 bits per heavy atom. The van der Waals surface area contributed by atoms with Crippen molar-refractivity contribution in [1.82, 2.24) is 0 Å². The predicted octanol–water partition coefficient (Wildman–Crippen LogP) is 1.73. The summed E-state index contributed by atoms with van der Waals surface area (Å²) in [6.45, 7) is 1.05. The zero-order valence-corrected chi connectivity index (χ0v) is 10.8. The maximum Gasteiger partial charge on any atom is 0.417 e. The third-order valence-electron chi connectivity index (χ3n) is 3.55. The van der Waals surface area contributed by atoms with Gasteiger partial charge in [-0.05, 0) is 31.0 Å². The molecule has 110 valence electrons. The first-order valence-electron chi connectivity index (χ1n) is 6.32. The summed E-state index contributed by atoms with van der Waals surface area (Å²) in [5.41, 5.74) is 9.54. The van der Waals surface area contributed by atoms with Crippen LogP contribution in [0.1, 0.15) is 28.8 Å². The molecular formula is C13H16F3N3O. The number of hydrogen-bond acceptors (Lipinski definition) is 3. The molecule has 4 N–H and O–H groups in total. The fraction of sp³-hybridized carbons (Fsp3) is 0.462. The largest absolute Gasteiger partial charge is 0.417 e. The molecule has 0 spiro atoms. The van der Waals surface area contributed by atoms with Gasteiger partial charge in [-0.1, -0.05) is 0 Å². The van der Waals surface area contributed by atoms with Gasteiger partial charge in [0.2, 0.25) is 5.91 Å². The molecule has 7 heteroatoms. The number of anilines is 1. The van der Waals surface area contributed by atoms with Crippen molar-refractivity contribution in [3.63, 3.8) is 0 Å². The van der Waals surface area contributed by atoms with Crippen molar-refractivity contribution >= 4 is 11.6 Å². The van der Waals surface area contributed by atoms with Gasteiger partial charge in [0.25, 0.3) is 0 Å². The van der Waals surface area contributed by atoms with Gasteiger partial charge >= 0.3 is 6.18 Å². The number of halogens is 3. The molecule has 20 heavy (non-hydrogen) atoms. The summed E-state index contributed by atoms with van der Waals surface area (Å²) in [5.74, 6) is -1.08. The second-order valence-electron chi connectivity index (χ2n) is 4.82. The quantitative estimate of drug-likeness (QED) is 0.889. The van der Waals surface area contributed by atoms with Crippen LogP contribution in [0, 0.1) is 0 Å².